The van der Waals surface area contributed by atoms with Gasteiger partial charge in [-0.15, -0.1) is 0 Å². The van der Waals surface area contributed by atoms with E-state index < -0.39 is 23.3 Å². The molecule has 5 heteroatoms. The van der Waals surface area contributed by atoms with E-state index in [0.717, 1.165) is 0 Å². The third-order valence-corrected chi connectivity index (χ3v) is 6.35. The SMILES string of the molecule is CCC(C)(C)C(=O)OC1CC2C3C(=O)OC(=O)C3C1C2(C)C. The van der Waals surface area contributed by atoms with Gasteiger partial charge >= 0.3 is 17.9 Å². The Morgan fingerprint density at radius 1 is 1.27 bits per heavy atom. The van der Waals surface area contributed by atoms with Gasteiger partial charge in [-0.05, 0) is 38.0 Å². The van der Waals surface area contributed by atoms with Gasteiger partial charge in [-0.1, -0.05) is 20.8 Å². The molecular weight excluding hydrogens is 284 g/mol. The molecule has 3 fully saturated rings. The molecule has 1 saturated heterocycles. The molecule has 2 bridgehead atoms. The van der Waals surface area contributed by atoms with Crippen LogP contribution in [-0.4, -0.2) is 24.0 Å². The van der Waals surface area contributed by atoms with Crippen molar-refractivity contribution in [2.24, 2.45) is 34.5 Å². The Kier molecular flexibility index (Phi) is 3.21. The first-order chi connectivity index (χ1) is 10.1. The van der Waals surface area contributed by atoms with Crippen molar-refractivity contribution in [2.45, 2.75) is 53.6 Å². The van der Waals surface area contributed by atoms with E-state index in [1.54, 1.807) is 0 Å². The van der Waals surface area contributed by atoms with Gasteiger partial charge in [0.05, 0.1) is 17.3 Å². The Hall–Kier alpha value is -1.39. The maximum Gasteiger partial charge on any atom is 0.317 e. The number of hydrogen-bond donors (Lipinski definition) is 0. The maximum absolute atomic E-state index is 12.4. The summed E-state index contributed by atoms with van der Waals surface area (Å²) in [6.45, 7) is 9.82. The third-order valence-electron chi connectivity index (χ3n) is 6.35. The van der Waals surface area contributed by atoms with Gasteiger partial charge in [0, 0.05) is 5.92 Å². The molecule has 0 N–H and O–H groups in total. The summed E-state index contributed by atoms with van der Waals surface area (Å²) >= 11 is 0. The largest absolute Gasteiger partial charge is 0.462 e. The number of fused-ring (bicyclic) bond motifs is 5. The first kappa shape index (κ1) is 15.5. The molecule has 5 atom stereocenters. The van der Waals surface area contributed by atoms with Crippen LogP contribution in [0.15, 0.2) is 0 Å². The summed E-state index contributed by atoms with van der Waals surface area (Å²) in [4.78, 5) is 36.3. The van der Waals surface area contributed by atoms with Gasteiger partial charge in [0.15, 0.2) is 0 Å². The predicted molar refractivity (Wildman–Crippen MR) is 77.4 cm³/mol. The topological polar surface area (TPSA) is 69.7 Å². The van der Waals surface area contributed by atoms with E-state index in [-0.39, 0.29) is 35.2 Å². The molecule has 0 aromatic rings. The highest BCUT2D eigenvalue weighted by atomic mass is 16.6. The molecule has 5 unspecified atom stereocenters. The van der Waals surface area contributed by atoms with Gasteiger partial charge in [0.1, 0.15) is 6.10 Å². The molecule has 0 radical (unpaired) electrons. The minimum absolute atomic E-state index is 0.0454. The zero-order chi connectivity index (χ0) is 16.4. The van der Waals surface area contributed by atoms with E-state index in [4.69, 9.17) is 9.47 Å². The predicted octanol–water partition coefficient (Wildman–Crippen LogP) is 2.33. The number of esters is 3. The monoisotopic (exact) mass is 308 g/mol. The maximum atomic E-state index is 12.4. The van der Waals surface area contributed by atoms with Gasteiger partial charge in [-0.3, -0.25) is 14.4 Å². The normalized spacial score (nSPS) is 38.9. The highest BCUT2D eigenvalue weighted by Crippen LogP contribution is 2.65. The second-order valence-corrected chi connectivity index (χ2v) is 8.16. The summed E-state index contributed by atoms with van der Waals surface area (Å²) in [6.07, 6.45) is 1.05. The van der Waals surface area contributed by atoms with Gasteiger partial charge in [-0.2, -0.15) is 0 Å². The molecule has 3 rings (SSSR count). The first-order valence-electron chi connectivity index (χ1n) is 8.08. The Morgan fingerprint density at radius 3 is 2.45 bits per heavy atom. The molecule has 0 aromatic carbocycles. The fourth-order valence-electron chi connectivity index (χ4n) is 4.61. The molecule has 3 aliphatic rings. The summed E-state index contributed by atoms with van der Waals surface area (Å²) in [5.41, 5.74) is -0.719. The van der Waals surface area contributed by atoms with Crippen LogP contribution >= 0.6 is 0 Å². The molecular formula is C17H24O5. The number of cyclic esters (lactones) is 2. The van der Waals surface area contributed by atoms with E-state index in [2.05, 4.69) is 13.8 Å². The number of carbonyl (C=O) groups excluding carboxylic acids is 3. The molecule has 1 aliphatic heterocycles. The minimum Gasteiger partial charge on any atom is -0.462 e. The lowest BCUT2D eigenvalue weighted by Gasteiger charge is -2.32. The van der Waals surface area contributed by atoms with Crippen molar-refractivity contribution in [1.29, 1.82) is 0 Å². The molecule has 0 aromatic heterocycles. The van der Waals surface area contributed by atoms with Crippen molar-refractivity contribution >= 4 is 17.9 Å². The molecule has 0 spiro atoms. The lowest BCUT2D eigenvalue weighted by atomic mass is 9.78. The van der Waals surface area contributed by atoms with Gasteiger partial charge in [0.25, 0.3) is 0 Å². The number of rotatable bonds is 3. The lowest BCUT2D eigenvalue weighted by molar-refractivity contribution is -0.166. The highest BCUT2D eigenvalue weighted by molar-refractivity contribution is 5.98. The van der Waals surface area contributed by atoms with Crippen LogP contribution in [0.2, 0.25) is 0 Å². The Balaban J connectivity index is 1.85. The first-order valence-corrected chi connectivity index (χ1v) is 8.08. The number of ether oxygens (including phenoxy) is 2. The van der Waals surface area contributed by atoms with E-state index in [1.807, 2.05) is 20.8 Å². The highest BCUT2D eigenvalue weighted by Gasteiger charge is 2.71. The average molecular weight is 308 g/mol. The van der Waals surface area contributed by atoms with Crippen molar-refractivity contribution in [3.63, 3.8) is 0 Å². The van der Waals surface area contributed by atoms with Gasteiger partial charge in [0.2, 0.25) is 0 Å². The van der Waals surface area contributed by atoms with Crippen molar-refractivity contribution in [1.82, 2.24) is 0 Å². The quantitative estimate of drug-likeness (QED) is 0.591. The van der Waals surface area contributed by atoms with Crippen LogP contribution in [0, 0.1) is 34.5 Å². The van der Waals surface area contributed by atoms with Crippen LogP contribution in [-0.2, 0) is 23.9 Å². The van der Waals surface area contributed by atoms with E-state index in [9.17, 15) is 14.4 Å². The van der Waals surface area contributed by atoms with Crippen LogP contribution in [0.5, 0.6) is 0 Å². The van der Waals surface area contributed by atoms with Crippen LogP contribution in [0.25, 0.3) is 0 Å². The van der Waals surface area contributed by atoms with E-state index in [0.29, 0.717) is 12.8 Å². The fraction of sp³-hybridized carbons (Fsp3) is 0.824. The molecule has 0 amide bonds. The summed E-state index contributed by atoms with van der Waals surface area (Å²) in [6, 6.07) is 0. The standard InChI is InChI=1S/C17H24O5/c1-6-16(2,3)15(20)21-9-7-8-10-11(12(9)17(8,4)5)14(19)22-13(10)18/h8-12H,6-7H2,1-5H3. The van der Waals surface area contributed by atoms with Crippen LogP contribution in [0.3, 0.4) is 0 Å². The number of hydrogen-bond acceptors (Lipinski definition) is 5. The van der Waals surface area contributed by atoms with Crippen molar-refractivity contribution < 1.29 is 23.9 Å². The zero-order valence-electron chi connectivity index (χ0n) is 13.8. The summed E-state index contributed by atoms with van der Waals surface area (Å²) in [7, 11) is 0. The smallest absolute Gasteiger partial charge is 0.317 e. The van der Waals surface area contributed by atoms with Gasteiger partial charge in [-0.25, -0.2) is 0 Å². The van der Waals surface area contributed by atoms with Crippen LogP contribution < -0.4 is 0 Å². The molecule has 122 valence electrons. The lowest BCUT2D eigenvalue weighted by Crippen LogP contribution is -2.39. The molecule has 5 nitrogen and oxygen atoms in total. The van der Waals surface area contributed by atoms with Crippen LogP contribution in [0.1, 0.15) is 47.5 Å². The molecule has 2 saturated carbocycles. The second-order valence-electron chi connectivity index (χ2n) is 8.16. The Labute approximate surface area is 130 Å². The fourth-order valence-corrected chi connectivity index (χ4v) is 4.61. The second kappa shape index (κ2) is 4.56. The van der Waals surface area contributed by atoms with E-state index in [1.165, 1.54) is 0 Å². The number of carbonyl (C=O) groups is 3. The molecule has 2 aliphatic carbocycles. The van der Waals surface area contributed by atoms with Crippen LogP contribution in [0.4, 0.5) is 0 Å². The molecule has 22 heavy (non-hydrogen) atoms. The van der Waals surface area contributed by atoms with Crippen molar-refractivity contribution in [2.75, 3.05) is 0 Å². The zero-order valence-corrected chi connectivity index (χ0v) is 13.8. The minimum atomic E-state index is -0.530. The Morgan fingerprint density at radius 2 is 1.86 bits per heavy atom. The Bertz CT molecular complexity index is 547. The van der Waals surface area contributed by atoms with Gasteiger partial charge < -0.3 is 9.47 Å². The summed E-state index contributed by atoms with van der Waals surface area (Å²) in [5.74, 6) is -1.93. The average Bonchev–Trinajstić information content (AvgIpc) is 2.94. The molecule has 1 heterocycles. The van der Waals surface area contributed by atoms with Crippen molar-refractivity contribution in [3.05, 3.63) is 0 Å². The van der Waals surface area contributed by atoms with E-state index >= 15 is 0 Å². The summed E-state index contributed by atoms with van der Waals surface area (Å²) in [5, 5.41) is 0. The third kappa shape index (κ3) is 1.87. The summed E-state index contributed by atoms with van der Waals surface area (Å²) < 4.78 is 10.6. The van der Waals surface area contributed by atoms with Crippen molar-refractivity contribution in [3.8, 4) is 0 Å².